The van der Waals surface area contributed by atoms with Gasteiger partial charge in [0.05, 0.1) is 24.5 Å². The molecule has 0 spiro atoms. The summed E-state index contributed by atoms with van der Waals surface area (Å²) in [6.07, 6.45) is 0.626. The van der Waals surface area contributed by atoms with E-state index in [2.05, 4.69) is 10.4 Å². The predicted octanol–water partition coefficient (Wildman–Crippen LogP) is 2.83. The SMILES string of the molecule is CCOC(=O)c1nn(-c2ccc(C)cc2)c2c1CN(C(=O)NC(C)C)CC2. The molecule has 0 atom stereocenters. The van der Waals surface area contributed by atoms with Crippen LogP contribution in [-0.4, -0.2) is 45.9 Å². The molecule has 0 saturated carbocycles. The quantitative estimate of drug-likeness (QED) is 0.840. The zero-order valence-electron chi connectivity index (χ0n) is 16.3. The van der Waals surface area contributed by atoms with E-state index < -0.39 is 5.97 Å². The molecular formula is C20H26N4O3. The highest BCUT2D eigenvalue weighted by Gasteiger charge is 2.31. The Morgan fingerprint density at radius 2 is 1.96 bits per heavy atom. The normalized spacial score (nSPS) is 13.4. The van der Waals surface area contributed by atoms with Gasteiger partial charge in [0.25, 0.3) is 0 Å². The predicted molar refractivity (Wildman–Crippen MR) is 102 cm³/mol. The minimum Gasteiger partial charge on any atom is -0.461 e. The molecule has 27 heavy (non-hydrogen) atoms. The zero-order chi connectivity index (χ0) is 19.6. The number of urea groups is 1. The summed E-state index contributed by atoms with van der Waals surface area (Å²) in [6.45, 7) is 8.84. The number of aryl methyl sites for hydroxylation is 1. The molecular weight excluding hydrogens is 344 g/mol. The number of fused-ring (bicyclic) bond motifs is 1. The maximum absolute atomic E-state index is 12.5. The van der Waals surface area contributed by atoms with Crippen LogP contribution in [0.2, 0.25) is 0 Å². The third-order valence-electron chi connectivity index (χ3n) is 4.50. The highest BCUT2D eigenvalue weighted by Crippen LogP contribution is 2.26. The summed E-state index contributed by atoms with van der Waals surface area (Å²) in [4.78, 5) is 26.6. The molecule has 0 fully saturated rings. The van der Waals surface area contributed by atoms with Gasteiger partial charge in [0.1, 0.15) is 0 Å². The first-order chi connectivity index (χ1) is 12.9. The van der Waals surface area contributed by atoms with Crippen molar-refractivity contribution in [1.82, 2.24) is 20.0 Å². The number of aromatic nitrogens is 2. The van der Waals surface area contributed by atoms with Gasteiger partial charge in [0.2, 0.25) is 0 Å². The van der Waals surface area contributed by atoms with E-state index in [9.17, 15) is 9.59 Å². The van der Waals surface area contributed by atoms with Crippen molar-refractivity contribution in [2.75, 3.05) is 13.2 Å². The average Bonchev–Trinajstić information content (AvgIpc) is 3.01. The topological polar surface area (TPSA) is 76.5 Å². The standard InChI is InChI=1S/C20H26N4O3/c1-5-27-19(25)18-16-12-23(20(26)21-13(2)3)11-10-17(16)24(22-18)15-8-6-14(4)7-9-15/h6-9,13H,5,10-12H2,1-4H3,(H,21,26). The lowest BCUT2D eigenvalue weighted by atomic mass is 10.0. The minimum absolute atomic E-state index is 0.0544. The number of carbonyl (C=O) groups excluding carboxylic acids is 2. The molecule has 0 saturated heterocycles. The summed E-state index contributed by atoms with van der Waals surface area (Å²) in [6, 6.07) is 7.91. The molecule has 0 unspecified atom stereocenters. The van der Waals surface area contributed by atoms with Crippen LogP contribution in [0.15, 0.2) is 24.3 Å². The summed E-state index contributed by atoms with van der Waals surface area (Å²) >= 11 is 0. The largest absolute Gasteiger partial charge is 0.461 e. The van der Waals surface area contributed by atoms with E-state index in [4.69, 9.17) is 4.74 Å². The summed E-state index contributed by atoms with van der Waals surface area (Å²) < 4.78 is 6.99. The Labute approximate surface area is 159 Å². The van der Waals surface area contributed by atoms with Gasteiger partial charge in [0.15, 0.2) is 5.69 Å². The van der Waals surface area contributed by atoms with Gasteiger partial charge in [-0.1, -0.05) is 17.7 Å². The van der Waals surface area contributed by atoms with Crippen LogP contribution in [0.3, 0.4) is 0 Å². The molecule has 1 N–H and O–H groups in total. The van der Waals surface area contributed by atoms with E-state index in [1.807, 2.05) is 45.0 Å². The first-order valence-corrected chi connectivity index (χ1v) is 9.31. The van der Waals surface area contributed by atoms with Crippen molar-refractivity contribution in [2.45, 2.75) is 46.7 Å². The average molecular weight is 370 g/mol. The second-order valence-corrected chi connectivity index (χ2v) is 7.02. The first-order valence-electron chi connectivity index (χ1n) is 9.31. The van der Waals surface area contributed by atoms with E-state index in [-0.39, 0.29) is 24.4 Å². The smallest absolute Gasteiger partial charge is 0.359 e. The number of rotatable bonds is 4. The van der Waals surface area contributed by atoms with Crippen LogP contribution in [0.4, 0.5) is 4.79 Å². The second-order valence-electron chi connectivity index (χ2n) is 7.02. The Morgan fingerprint density at radius 3 is 2.59 bits per heavy atom. The van der Waals surface area contributed by atoms with Crippen LogP contribution < -0.4 is 5.32 Å². The lowest BCUT2D eigenvalue weighted by Gasteiger charge is -2.28. The fourth-order valence-corrected chi connectivity index (χ4v) is 3.19. The number of esters is 1. The van der Waals surface area contributed by atoms with Crippen LogP contribution in [-0.2, 0) is 17.7 Å². The molecule has 144 valence electrons. The molecule has 1 aromatic heterocycles. The minimum atomic E-state index is -0.453. The van der Waals surface area contributed by atoms with Crippen LogP contribution in [0.5, 0.6) is 0 Å². The van der Waals surface area contributed by atoms with E-state index in [0.29, 0.717) is 19.5 Å². The van der Waals surface area contributed by atoms with Crippen molar-refractivity contribution in [3.05, 3.63) is 46.8 Å². The summed E-state index contributed by atoms with van der Waals surface area (Å²) in [5.74, 6) is -0.453. The van der Waals surface area contributed by atoms with Crippen LogP contribution in [0.25, 0.3) is 5.69 Å². The molecule has 3 rings (SSSR count). The zero-order valence-corrected chi connectivity index (χ0v) is 16.3. The number of hydrogen-bond acceptors (Lipinski definition) is 4. The number of hydrogen-bond donors (Lipinski definition) is 1. The number of benzene rings is 1. The molecule has 2 aromatic rings. The number of amides is 2. The third kappa shape index (κ3) is 3.97. The Balaban J connectivity index is 1.99. The fraction of sp³-hybridized carbons (Fsp3) is 0.450. The van der Waals surface area contributed by atoms with Gasteiger partial charge < -0.3 is 15.0 Å². The fourth-order valence-electron chi connectivity index (χ4n) is 3.19. The molecule has 1 aliphatic heterocycles. The van der Waals surface area contributed by atoms with Gasteiger partial charge in [-0.05, 0) is 39.8 Å². The summed E-state index contributed by atoms with van der Waals surface area (Å²) in [5, 5.41) is 7.45. The second kappa shape index (κ2) is 7.82. The maximum Gasteiger partial charge on any atom is 0.359 e. The molecule has 2 amide bonds. The van der Waals surface area contributed by atoms with Crippen LogP contribution >= 0.6 is 0 Å². The van der Waals surface area contributed by atoms with Crippen LogP contribution in [0, 0.1) is 6.92 Å². The van der Waals surface area contributed by atoms with Crippen molar-refractivity contribution in [3.8, 4) is 5.69 Å². The molecule has 0 radical (unpaired) electrons. The molecule has 7 heteroatoms. The van der Waals surface area contributed by atoms with Gasteiger partial charge in [-0.15, -0.1) is 0 Å². The van der Waals surface area contributed by atoms with Gasteiger partial charge in [-0.3, -0.25) is 0 Å². The van der Waals surface area contributed by atoms with Crippen LogP contribution in [0.1, 0.15) is 48.1 Å². The monoisotopic (exact) mass is 370 g/mol. The van der Waals surface area contributed by atoms with E-state index in [0.717, 1.165) is 22.5 Å². The highest BCUT2D eigenvalue weighted by atomic mass is 16.5. The maximum atomic E-state index is 12.5. The van der Waals surface area contributed by atoms with E-state index in [1.165, 1.54) is 0 Å². The number of nitrogens with zero attached hydrogens (tertiary/aromatic N) is 3. The Hall–Kier alpha value is -2.83. The van der Waals surface area contributed by atoms with Gasteiger partial charge in [0, 0.05) is 24.6 Å². The first kappa shape index (κ1) is 18.9. The molecule has 1 aromatic carbocycles. The van der Waals surface area contributed by atoms with Crippen molar-refractivity contribution >= 4 is 12.0 Å². The van der Waals surface area contributed by atoms with Gasteiger partial charge in [-0.2, -0.15) is 5.10 Å². The lowest BCUT2D eigenvalue weighted by molar-refractivity contribution is 0.0516. The Morgan fingerprint density at radius 1 is 1.26 bits per heavy atom. The highest BCUT2D eigenvalue weighted by molar-refractivity contribution is 5.89. The number of ether oxygens (including phenoxy) is 1. The van der Waals surface area contributed by atoms with Crippen molar-refractivity contribution in [1.29, 1.82) is 0 Å². The lowest BCUT2D eigenvalue weighted by Crippen LogP contribution is -2.45. The Bertz CT molecular complexity index is 840. The van der Waals surface area contributed by atoms with E-state index >= 15 is 0 Å². The van der Waals surface area contributed by atoms with Gasteiger partial charge in [-0.25, -0.2) is 14.3 Å². The van der Waals surface area contributed by atoms with Crippen molar-refractivity contribution < 1.29 is 14.3 Å². The van der Waals surface area contributed by atoms with Gasteiger partial charge >= 0.3 is 12.0 Å². The van der Waals surface area contributed by atoms with E-state index in [1.54, 1.807) is 16.5 Å². The molecule has 0 bridgehead atoms. The number of nitrogens with one attached hydrogen (secondary N) is 1. The Kier molecular flexibility index (Phi) is 5.48. The third-order valence-corrected chi connectivity index (χ3v) is 4.50. The molecule has 1 aliphatic rings. The van der Waals surface area contributed by atoms with Crippen molar-refractivity contribution in [3.63, 3.8) is 0 Å². The number of carbonyl (C=O) groups is 2. The molecule has 0 aliphatic carbocycles. The molecule has 2 heterocycles. The summed E-state index contributed by atoms with van der Waals surface area (Å²) in [7, 11) is 0. The van der Waals surface area contributed by atoms with Crippen molar-refractivity contribution in [2.24, 2.45) is 0 Å². The molecule has 7 nitrogen and oxygen atoms in total. The summed E-state index contributed by atoms with van der Waals surface area (Å²) in [5.41, 5.74) is 4.05.